The first-order valence-electron chi connectivity index (χ1n) is 5.01. The molecule has 0 aliphatic rings. The van der Waals surface area contributed by atoms with Gasteiger partial charge in [-0.05, 0) is 26.0 Å². The summed E-state index contributed by atoms with van der Waals surface area (Å²) in [5.74, 6) is 0. The Labute approximate surface area is 97.7 Å². The van der Waals surface area contributed by atoms with Crippen LogP contribution in [0.5, 0.6) is 0 Å². The number of hydrogen-bond donors (Lipinski definition) is 1. The maximum atomic E-state index is 12.1. The predicted octanol–water partition coefficient (Wildman–Crippen LogP) is 1.16. The van der Waals surface area contributed by atoms with Gasteiger partial charge in [0, 0.05) is 28.5 Å². The van der Waals surface area contributed by atoms with Crippen LogP contribution in [0.3, 0.4) is 0 Å². The van der Waals surface area contributed by atoms with E-state index in [1.54, 1.807) is 18.3 Å². The van der Waals surface area contributed by atoms with Gasteiger partial charge >= 0.3 is 0 Å². The molecule has 0 aromatic carbocycles. The molecule has 2 rings (SSSR count). The molecule has 2 aromatic heterocycles. The van der Waals surface area contributed by atoms with E-state index in [9.17, 15) is 4.79 Å². The van der Waals surface area contributed by atoms with Gasteiger partial charge in [-0.1, -0.05) is 11.6 Å². The Morgan fingerprint density at radius 2 is 2.31 bits per heavy atom. The molecule has 0 aliphatic carbocycles. The molecule has 0 unspecified atom stereocenters. The standard InChI is InChI=1S/C11H12ClN3O/c1-7-9(2-4-13)11(16)15-5-3-8(12)6-10(15)14-7/h3,5-6H,2,4,13H2,1H3. The number of fused-ring (bicyclic) bond motifs is 1. The van der Waals surface area contributed by atoms with Crippen molar-refractivity contribution >= 4 is 17.2 Å². The first-order valence-corrected chi connectivity index (χ1v) is 5.38. The van der Waals surface area contributed by atoms with Gasteiger partial charge in [0.15, 0.2) is 0 Å². The lowest BCUT2D eigenvalue weighted by atomic mass is 10.1. The average molecular weight is 238 g/mol. The molecule has 0 saturated heterocycles. The van der Waals surface area contributed by atoms with Crippen LogP contribution < -0.4 is 11.3 Å². The monoisotopic (exact) mass is 237 g/mol. The summed E-state index contributed by atoms with van der Waals surface area (Å²) >= 11 is 5.85. The Hall–Kier alpha value is -1.39. The summed E-state index contributed by atoms with van der Waals surface area (Å²) in [7, 11) is 0. The van der Waals surface area contributed by atoms with Crippen LogP contribution in [0.25, 0.3) is 5.65 Å². The number of halogens is 1. The smallest absolute Gasteiger partial charge is 0.261 e. The van der Waals surface area contributed by atoms with E-state index in [4.69, 9.17) is 17.3 Å². The Kier molecular flexibility index (Phi) is 2.94. The third-order valence-corrected chi connectivity index (χ3v) is 2.72. The second-order valence-electron chi connectivity index (χ2n) is 3.59. The van der Waals surface area contributed by atoms with E-state index < -0.39 is 0 Å². The van der Waals surface area contributed by atoms with Crippen LogP contribution >= 0.6 is 11.6 Å². The summed E-state index contributed by atoms with van der Waals surface area (Å²) in [6.07, 6.45) is 2.18. The Balaban J connectivity index is 2.78. The molecule has 0 saturated carbocycles. The van der Waals surface area contributed by atoms with Crippen LogP contribution in [0.15, 0.2) is 23.1 Å². The van der Waals surface area contributed by atoms with E-state index >= 15 is 0 Å². The van der Waals surface area contributed by atoms with Gasteiger partial charge in [-0.2, -0.15) is 0 Å². The van der Waals surface area contributed by atoms with Crippen molar-refractivity contribution in [2.45, 2.75) is 13.3 Å². The summed E-state index contributed by atoms with van der Waals surface area (Å²) < 4.78 is 1.49. The van der Waals surface area contributed by atoms with Gasteiger partial charge in [0.25, 0.3) is 5.56 Å². The minimum atomic E-state index is -0.0652. The van der Waals surface area contributed by atoms with Crippen molar-refractivity contribution in [1.82, 2.24) is 9.38 Å². The number of aromatic nitrogens is 2. The van der Waals surface area contributed by atoms with Gasteiger partial charge < -0.3 is 5.73 Å². The summed E-state index contributed by atoms with van der Waals surface area (Å²) in [4.78, 5) is 16.4. The van der Waals surface area contributed by atoms with Crippen LogP contribution in [0.4, 0.5) is 0 Å². The van der Waals surface area contributed by atoms with Gasteiger partial charge in [-0.15, -0.1) is 0 Å². The molecule has 5 heteroatoms. The topological polar surface area (TPSA) is 60.4 Å². The highest BCUT2D eigenvalue weighted by Crippen LogP contribution is 2.10. The van der Waals surface area contributed by atoms with Gasteiger partial charge in [0.2, 0.25) is 0 Å². The normalized spacial score (nSPS) is 10.9. The third kappa shape index (κ3) is 1.81. The van der Waals surface area contributed by atoms with Gasteiger partial charge in [0.1, 0.15) is 5.65 Å². The molecule has 0 fully saturated rings. The van der Waals surface area contributed by atoms with Gasteiger partial charge in [-0.25, -0.2) is 4.98 Å². The molecule has 84 valence electrons. The Morgan fingerprint density at radius 1 is 1.56 bits per heavy atom. The van der Waals surface area contributed by atoms with Crippen LogP contribution in [0.2, 0.25) is 5.02 Å². The number of rotatable bonds is 2. The first-order chi connectivity index (χ1) is 7.63. The SMILES string of the molecule is Cc1nc2cc(Cl)ccn2c(=O)c1CCN. The lowest BCUT2D eigenvalue weighted by Gasteiger charge is -2.06. The highest BCUT2D eigenvalue weighted by Gasteiger charge is 2.08. The molecule has 4 nitrogen and oxygen atoms in total. The highest BCUT2D eigenvalue weighted by molar-refractivity contribution is 6.30. The largest absolute Gasteiger partial charge is 0.330 e. The maximum Gasteiger partial charge on any atom is 0.261 e. The van der Waals surface area contributed by atoms with E-state index in [2.05, 4.69) is 4.98 Å². The predicted molar refractivity (Wildman–Crippen MR) is 64.0 cm³/mol. The maximum absolute atomic E-state index is 12.1. The quantitative estimate of drug-likeness (QED) is 0.853. The van der Waals surface area contributed by atoms with Crippen molar-refractivity contribution in [3.05, 3.63) is 45.0 Å². The van der Waals surface area contributed by atoms with Crippen molar-refractivity contribution in [3.8, 4) is 0 Å². The second-order valence-corrected chi connectivity index (χ2v) is 4.03. The number of pyridine rings is 1. The van der Waals surface area contributed by atoms with Crippen molar-refractivity contribution in [2.75, 3.05) is 6.54 Å². The van der Waals surface area contributed by atoms with E-state index in [0.717, 1.165) is 5.69 Å². The average Bonchev–Trinajstić information content (AvgIpc) is 2.23. The summed E-state index contributed by atoms with van der Waals surface area (Å²) in [5, 5.41) is 0.567. The number of nitrogens with two attached hydrogens (primary N) is 1. The molecule has 2 heterocycles. The highest BCUT2D eigenvalue weighted by atomic mass is 35.5. The molecule has 0 bridgehead atoms. The minimum absolute atomic E-state index is 0.0652. The third-order valence-electron chi connectivity index (χ3n) is 2.49. The van der Waals surface area contributed by atoms with E-state index in [0.29, 0.717) is 29.2 Å². The second kappa shape index (κ2) is 4.23. The molecule has 0 amide bonds. The zero-order valence-electron chi connectivity index (χ0n) is 8.90. The minimum Gasteiger partial charge on any atom is -0.330 e. The van der Waals surface area contributed by atoms with Crippen LogP contribution in [0.1, 0.15) is 11.3 Å². The van der Waals surface area contributed by atoms with Crippen LogP contribution in [0, 0.1) is 6.92 Å². The molecule has 16 heavy (non-hydrogen) atoms. The summed E-state index contributed by atoms with van der Waals surface area (Å²) in [6.45, 7) is 2.25. The van der Waals surface area contributed by atoms with E-state index in [1.807, 2.05) is 6.92 Å². The fourth-order valence-corrected chi connectivity index (χ4v) is 1.85. The Bertz CT molecular complexity index is 592. The first kappa shape index (κ1) is 11.1. The number of nitrogens with zero attached hydrogens (tertiary/aromatic N) is 2. The van der Waals surface area contributed by atoms with Gasteiger partial charge in [-0.3, -0.25) is 9.20 Å². The number of aryl methyl sites for hydroxylation is 1. The molecule has 0 spiro atoms. The molecule has 2 N–H and O–H groups in total. The number of hydrogen-bond acceptors (Lipinski definition) is 3. The van der Waals surface area contributed by atoms with Gasteiger partial charge in [0.05, 0.1) is 0 Å². The van der Waals surface area contributed by atoms with Crippen LogP contribution in [-0.4, -0.2) is 15.9 Å². The molecule has 0 atom stereocenters. The summed E-state index contributed by atoms with van der Waals surface area (Å²) in [6, 6.07) is 3.33. The molecular formula is C11H12ClN3O. The van der Waals surface area contributed by atoms with Crippen molar-refractivity contribution < 1.29 is 0 Å². The van der Waals surface area contributed by atoms with Crippen molar-refractivity contribution in [2.24, 2.45) is 5.73 Å². The fraction of sp³-hybridized carbons (Fsp3) is 0.273. The summed E-state index contributed by atoms with van der Waals surface area (Å²) in [5.41, 5.74) is 7.36. The fourth-order valence-electron chi connectivity index (χ4n) is 1.69. The van der Waals surface area contributed by atoms with E-state index in [1.165, 1.54) is 4.40 Å². The van der Waals surface area contributed by atoms with Crippen LogP contribution in [-0.2, 0) is 6.42 Å². The van der Waals surface area contributed by atoms with Crippen molar-refractivity contribution in [3.63, 3.8) is 0 Å². The molecular weight excluding hydrogens is 226 g/mol. The van der Waals surface area contributed by atoms with Crippen molar-refractivity contribution in [1.29, 1.82) is 0 Å². The zero-order valence-corrected chi connectivity index (χ0v) is 9.66. The lowest BCUT2D eigenvalue weighted by Crippen LogP contribution is -2.23. The molecule has 0 radical (unpaired) electrons. The molecule has 0 aliphatic heterocycles. The van der Waals surface area contributed by atoms with E-state index in [-0.39, 0.29) is 5.56 Å². The zero-order chi connectivity index (χ0) is 11.7. The Morgan fingerprint density at radius 3 is 3.00 bits per heavy atom. The lowest BCUT2D eigenvalue weighted by molar-refractivity contribution is 0.885. The molecule has 2 aromatic rings.